The summed E-state index contributed by atoms with van der Waals surface area (Å²) in [6.07, 6.45) is 0.966. The van der Waals surface area contributed by atoms with E-state index in [0.29, 0.717) is 12.3 Å². The van der Waals surface area contributed by atoms with Crippen LogP contribution < -0.4 is 0 Å². The summed E-state index contributed by atoms with van der Waals surface area (Å²) >= 11 is 2.25. The maximum absolute atomic E-state index is 10.7. The van der Waals surface area contributed by atoms with E-state index in [1.54, 1.807) is 0 Å². The van der Waals surface area contributed by atoms with Crippen molar-refractivity contribution in [2.24, 2.45) is 5.92 Å². The molecule has 18 heavy (non-hydrogen) atoms. The molecular weight excluding hydrogens is 343 g/mol. The van der Waals surface area contributed by atoms with Crippen LogP contribution in [0.3, 0.4) is 0 Å². The Hall–Kier alpha value is -0.780. The molecule has 0 bridgehead atoms. The molecule has 0 aliphatic carbocycles. The standard InChI is InChI=1S/C14H19IO3/c1-10(2)3-8-13(18-14(16)17)9-11-4-6-12(15)7-5-11/h4-7,10,13H,3,8-9H2,1-2H3,(H,16,17). The molecule has 1 aromatic rings. The van der Waals surface area contributed by atoms with Crippen molar-refractivity contribution >= 4 is 28.7 Å². The fraction of sp³-hybridized carbons (Fsp3) is 0.500. The zero-order valence-electron chi connectivity index (χ0n) is 10.7. The van der Waals surface area contributed by atoms with Gasteiger partial charge in [-0.2, -0.15) is 0 Å². The number of carbonyl (C=O) groups is 1. The molecule has 0 aliphatic rings. The number of rotatable bonds is 6. The molecule has 0 heterocycles. The van der Waals surface area contributed by atoms with Gasteiger partial charge in [0.1, 0.15) is 6.10 Å². The molecule has 0 aliphatic heterocycles. The van der Waals surface area contributed by atoms with Crippen molar-refractivity contribution in [3.05, 3.63) is 33.4 Å². The summed E-state index contributed by atoms with van der Waals surface area (Å²) in [5, 5.41) is 8.75. The van der Waals surface area contributed by atoms with E-state index in [1.807, 2.05) is 24.3 Å². The predicted molar refractivity (Wildman–Crippen MR) is 79.8 cm³/mol. The number of halogens is 1. The first-order valence-corrected chi connectivity index (χ1v) is 7.19. The van der Waals surface area contributed by atoms with Gasteiger partial charge in [0.25, 0.3) is 0 Å². The first-order valence-electron chi connectivity index (χ1n) is 6.11. The molecule has 4 heteroatoms. The summed E-state index contributed by atoms with van der Waals surface area (Å²) in [5.74, 6) is 0.557. The van der Waals surface area contributed by atoms with Gasteiger partial charge < -0.3 is 9.84 Å². The highest BCUT2D eigenvalue weighted by Gasteiger charge is 2.15. The van der Waals surface area contributed by atoms with Crippen LogP contribution in [-0.2, 0) is 11.2 Å². The van der Waals surface area contributed by atoms with E-state index in [4.69, 9.17) is 9.84 Å². The van der Waals surface area contributed by atoms with Crippen LogP contribution in [0.1, 0.15) is 32.3 Å². The molecule has 1 atom stereocenters. The molecule has 100 valence electrons. The SMILES string of the molecule is CC(C)CCC(Cc1ccc(I)cc1)OC(=O)O. The largest absolute Gasteiger partial charge is 0.506 e. The van der Waals surface area contributed by atoms with Crippen LogP contribution >= 0.6 is 22.6 Å². The molecule has 3 nitrogen and oxygen atoms in total. The van der Waals surface area contributed by atoms with E-state index >= 15 is 0 Å². The van der Waals surface area contributed by atoms with Crippen LogP contribution in [-0.4, -0.2) is 17.4 Å². The third-order valence-electron chi connectivity index (χ3n) is 2.71. The van der Waals surface area contributed by atoms with Crippen molar-refractivity contribution in [1.29, 1.82) is 0 Å². The second-order valence-electron chi connectivity index (χ2n) is 4.81. The first kappa shape index (κ1) is 15.3. The van der Waals surface area contributed by atoms with Crippen molar-refractivity contribution in [1.82, 2.24) is 0 Å². The van der Waals surface area contributed by atoms with Crippen LogP contribution in [0.5, 0.6) is 0 Å². The third kappa shape index (κ3) is 6.23. The average molecular weight is 362 g/mol. The molecule has 0 spiro atoms. The van der Waals surface area contributed by atoms with Gasteiger partial charge in [-0.25, -0.2) is 4.79 Å². The van der Waals surface area contributed by atoms with Gasteiger partial charge in [-0.15, -0.1) is 0 Å². The summed E-state index contributed by atoms with van der Waals surface area (Å²) < 4.78 is 6.12. The molecular formula is C14H19IO3. The molecule has 0 radical (unpaired) electrons. The minimum Gasteiger partial charge on any atom is -0.450 e. The summed E-state index contributed by atoms with van der Waals surface area (Å²) in [5.41, 5.74) is 1.12. The Morgan fingerprint density at radius 3 is 2.39 bits per heavy atom. The van der Waals surface area contributed by atoms with Gasteiger partial charge in [0, 0.05) is 9.99 Å². The molecule has 0 aromatic heterocycles. The van der Waals surface area contributed by atoms with Gasteiger partial charge in [-0.05, 0) is 59.0 Å². The summed E-state index contributed by atoms with van der Waals surface area (Å²) in [7, 11) is 0. The maximum atomic E-state index is 10.7. The zero-order chi connectivity index (χ0) is 13.5. The van der Waals surface area contributed by atoms with E-state index in [9.17, 15) is 4.79 Å². The van der Waals surface area contributed by atoms with Crippen LogP contribution in [0.2, 0.25) is 0 Å². The number of ether oxygens (including phenoxy) is 1. The monoisotopic (exact) mass is 362 g/mol. The number of benzene rings is 1. The van der Waals surface area contributed by atoms with Gasteiger partial charge in [-0.3, -0.25) is 0 Å². The molecule has 0 saturated carbocycles. The van der Waals surface area contributed by atoms with Crippen molar-refractivity contribution in [2.45, 2.75) is 39.2 Å². The van der Waals surface area contributed by atoms with Crippen molar-refractivity contribution < 1.29 is 14.6 Å². The normalized spacial score (nSPS) is 12.4. The maximum Gasteiger partial charge on any atom is 0.506 e. The quantitative estimate of drug-likeness (QED) is 0.605. The fourth-order valence-corrected chi connectivity index (χ4v) is 2.11. The third-order valence-corrected chi connectivity index (χ3v) is 3.43. The lowest BCUT2D eigenvalue weighted by atomic mass is 10.00. The molecule has 1 aromatic carbocycles. The van der Waals surface area contributed by atoms with Crippen molar-refractivity contribution in [3.63, 3.8) is 0 Å². The Morgan fingerprint density at radius 1 is 1.28 bits per heavy atom. The Bertz CT molecular complexity index is 373. The Balaban J connectivity index is 2.59. The van der Waals surface area contributed by atoms with Crippen molar-refractivity contribution in [2.75, 3.05) is 0 Å². The molecule has 1 rings (SSSR count). The smallest absolute Gasteiger partial charge is 0.450 e. The molecule has 0 amide bonds. The zero-order valence-corrected chi connectivity index (χ0v) is 12.9. The predicted octanol–water partition coefficient (Wildman–Crippen LogP) is 4.33. The highest BCUT2D eigenvalue weighted by atomic mass is 127. The lowest BCUT2D eigenvalue weighted by molar-refractivity contribution is 0.0461. The van der Waals surface area contributed by atoms with Crippen LogP contribution in [0.4, 0.5) is 4.79 Å². The highest BCUT2D eigenvalue weighted by Crippen LogP contribution is 2.16. The number of carboxylic acid groups (broad SMARTS) is 1. The lowest BCUT2D eigenvalue weighted by Gasteiger charge is -2.17. The fourth-order valence-electron chi connectivity index (χ4n) is 1.75. The van der Waals surface area contributed by atoms with Crippen LogP contribution in [0, 0.1) is 9.49 Å². The van der Waals surface area contributed by atoms with Crippen molar-refractivity contribution in [3.8, 4) is 0 Å². The van der Waals surface area contributed by atoms with E-state index in [-0.39, 0.29) is 6.10 Å². The Labute approximate surface area is 122 Å². The highest BCUT2D eigenvalue weighted by molar-refractivity contribution is 14.1. The van der Waals surface area contributed by atoms with Crippen LogP contribution in [0.25, 0.3) is 0 Å². The van der Waals surface area contributed by atoms with Crippen LogP contribution in [0.15, 0.2) is 24.3 Å². The summed E-state index contributed by atoms with van der Waals surface area (Å²) in [6.45, 7) is 4.26. The molecule has 0 fully saturated rings. The summed E-state index contributed by atoms with van der Waals surface area (Å²) in [4.78, 5) is 10.7. The van der Waals surface area contributed by atoms with E-state index in [0.717, 1.165) is 18.4 Å². The molecule has 1 unspecified atom stereocenters. The minimum atomic E-state index is -1.19. The van der Waals surface area contributed by atoms with E-state index in [2.05, 4.69) is 36.4 Å². The summed E-state index contributed by atoms with van der Waals surface area (Å²) in [6, 6.07) is 8.09. The first-order chi connectivity index (χ1) is 8.47. The Kier molecular flexibility index (Phi) is 6.46. The van der Waals surface area contributed by atoms with Gasteiger partial charge in [0.2, 0.25) is 0 Å². The minimum absolute atomic E-state index is 0.245. The van der Waals surface area contributed by atoms with E-state index in [1.165, 1.54) is 3.57 Å². The van der Waals surface area contributed by atoms with E-state index < -0.39 is 6.16 Å². The number of hydrogen-bond donors (Lipinski definition) is 1. The topological polar surface area (TPSA) is 46.5 Å². The van der Waals surface area contributed by atoms with Gasteiger partial charge in [0.05, 0.1) is 0 Å². The van der Waals surface area contributed by atoms with Gasteiger partial charge in [0.15, 0.2) is 0 Å². The van der Waals surface area contributed by atoms with Gasteiger partial charge >= 0.3 is 6.16 Å². The molecule has 0 saturated heterocycles. The average Bonchev–Trinajstić information content (AvgIpc) is 2.28. The Morgan fingerprint density at radius 2 is 1.89 bits per heavy atom. The second kappa shape index (κ2) is 7.61. The second-order valence-corrected chi connectivity index (χ2v) is 6.05. The number of hydrogen-bond acceptors (Lipinski definition) is 2. The lowest BCUT2D eigenvalue weighted by Crippen LogP contribution is -2.20. The van der Waals surface area contributed by atoms with Gasteiger partial charge in [-0.1, -0.05) is 26.0 Å². The molecule has 1 N–H and O–H groups in total.